The van der Waals surface area contributed by atoms with E-state index in [-0.39, 0.29) is 22.9 Å². The van der Waals surface area contributed by atoms with Crippen LogP contribution in [0, 0.1) is 0 Å². The number of methoxy groups -OCH3 is 1. The molecule has 0 bridgehead atoms. The average Bonchev–Trinajstić information content (AvgIpc) is 3.15. The molecule has 0 aliphatic carbocycles. The number of esters is 1. The molecule has 1 aromatic carbocycles. The molecule has 0 N–H and O–H groups in total. The van der Waals surface area contributed by atoms with Crippen molar-refractivity contribution in [2.45, 2.75) is 12.8 Å². The van der Waals surface area contributed by atoms with E-state index in [4.69, 9.17) is 0 Å². The van der Waals surface area contributed by atoms with Crippen LogP contribution in [0.2, 0.25) is 0 Å². The molecule has 1 aliphatic heterocycles. The van der Waals surface area contributed by atoms with Crippen LogP contribution in [0.15, 0.2) is 29.6 Å². The van der Waals surface area contributed by atoms with Gasteiger partial charge in [0.25, 0.3) is 0 Å². The van der Waals surface area contributed by atoms with Gasteiger partial charge in [-0.2, -0.15) is 0 Å². The lowest BCUT2D eigenvalue weighted by Crippen LogP contribution is -2.23. The van der Waals surface area contributed by atoms with Crippen LogP contribution >= 0.6 is 28.3 Å². The van der Waals surface area contributed by atoms with Crippen molar-refractivity contribution in [1.29, 1.82) is 0 Å². The SMILES string of the molecule is Br.COC(=O)c1nc(-c2ccc(N3CCCC3=O)cc2)cs1. The third-order valence-electron chi connectivity index (χ3n) is 3.41. The summed E-state index contributed by atoms with van der Waals surface area (Å²) in [7, 11) is 1.34. The van der Waals surface area contributed by atoms with Gasteiger partial charge in [0.05, 0.1) is 12.8 Å². The molecule has 5 nitrogen and oxygen atoms in total. The fourth-order valence-electron chi connectivity index (χ4n) is 2.32. The van der Waals surface area contributed by atoms with Crippen molar-refractivity contribution >= 4 is 45.9 Å². The molecular formula is C15H15BrN2O3S. The lowest BCUT2D eigenvalue weighted by molar-refractivity contribution is -0.117. The fraction of sp³-hybridized carbons (Fsp3) is 0.267. The number of carbonyl (C=O) groups is 2. The first-order valence-corrected chi connectivity index (χ1v) is 7.51. The molecule has 0 atom stereocenters. The molecule has 1 aromatic heterocycles. The maximum absolute atomic E-state index is 11.7. The number of carbonyl (C=O) groups excluding carboxylic acids is 2. The summed E-state index contributed by atoms with van der Waals surface area (Å²) in [6, 6.07) is 7.65. The van der Waals surface area contributed by atoms with Gasteiger partial charge in [-0.25, -0.2) is 9.78 Å². The molecule has 1 amide bonds. The molecule has 1 saturated heterocycles. The second-order valence-electron chi connectivity index (χ2n) is 4.73. The van der Waals surface area contributed by atoms with Crippen molar-refractivity contribution in [2.24, 2.45) is 0 Å². The quantitative estimate of drug-likeness (QED) is 0.764. The number of amides is 1. The molecule has 3 rings (SSSR count). The van der Waals surface area contributed by atoms with Gasteiger partial charge in [-0.1, -0.05) is 12.1 Å². The molecular weight excluding hydrogens is 368 g/mol. The van der Waals surface area contributed by atoms with E-state index in [9.17, 15) is 9.59 Å². The van der Waals surface area contributed by atoms with Crippen LogP contribution in [-0.4, -0.2) is 30.5 Å². The van der Waals surface area contributed by atoms with Crippen molar-refractivity contribution < 1.29 is 14.3 Å². The van der Waals surface area contributed by atoms with Gasteiger partial charge in [0.1, 0.15) is 0 Å². The smallest absolute Gasteiger partial charge is 0.367 e. The molecule has 116 valence electrons. The number of benzene rings is 1. The largest absolute Gasteiger partial charge is 0.464 e. The first-order valence-electron chi connectivity index (χ1n) is 6.63. The van der Waals surface area contributed by atoms with Gasteiger partial charge >= 0.3 is 5.97 Å². The highest BCUT2D eigenvalue weighted by molar-refractivity contribution is 8.93. The molecule has 2 aromatic rings. The Kier molecular flexibility index (Phi) is 5.31. The van der Waals surface area contributed by atoms with Gasteiger partial charge in [-0.3, -0.25) is 4.79 Å². The maximum Gasteiger partial charge on any atom is 0.367 e. The highest BCUT2D eigenvalue weighted by Crippen LogP contribution is 2.27. The molecule has 1 aliphatic rings. The summed E-state index contributed by atoms with van der Waals surface area (Å²) < 4.78 is 4.65. The van der Waals surface area contributed by atoms with E-state index in [0.29, 0.717) is 11.4 Å². The van der Waals surface area contributed by atoms with Gasteiger partial charge in [0, 0.05) is 29.6 Å². The molecule has 0 spiro atoms. The Labute approximate surface area is 142 Å². The Morgan fingerprint density at radius 1 is 1.32 bits per heavy atom. The second kappa shape index (κ2) is 7.02. The van der Waals surface area contributed by atoms with Crippen molar-refractivity contribution in [3.05, 3.63) is 34.7 Å². The number of anilines is 1. The van der Waals surface area contributed by atoms with Crippen molar-refractivity contribution in [3.8, 4) is 11.3 Å². The van der Waals surface area contributed by atoms with E-state index in [0.717, 1.165) is 29.9 Å². The highest BCUT2D eigenvalue weighted by atomic mass is 79.9. The predicted octanol–water partition coefficient (Wildman–Crippen LogP) is 3.30. The number of aromatic nitrogens is 1. The van der Waals surface area contributed by atoms with Crippen LogP contribution in [0.1, 0.15) is 22.6 Å². The fourth-order valence-corrected chi connectivity index (χ4v) is 3.06. The van der Waals surface area contributed by atoms with Crippen LogP contribution in [0.5, 0.6) is 0 Å². The van der Waals surface area contributed by atoms with Crippen LogP contribution < -0.4 is 4.90 Å². The molecule has 0 saturated carbocycles. The maximum atomic E-state index is 11.7. The molecule has 2 heterocycles. The monoisotopic (exact) mass is 382 g/mol. The number of nitrogens with zero attached hydrogens (tertiary/aromatic N) is 2. The summed E-state index contributed by atoms with van der Waals surface area (Å²) >= 11 is 1.26. The highest BCUT2D eigenvalue weighted by Gasteiger charge is 2.21. The van der Waals surface area contributed by atoms with Gasteiger partial charge < -0.3 is 9.64 Å². The van der Waals surface area contributed by atoms with Crippen molar-refractivity contribution in [2.75, 3.05) is 18.6 Å². The summed E-state index contributed by atoms with van der Waals surface area (Å²) in [4.78, 5) is 29.2. The Hall–Kier alpha value is -1.73. The first kappa shape index (κ1) is 16.6. The van der Waals surface area contributed by atoms with Gasteiger partial charge in [-0.15, -0.1) is 28.3 Å². The van der Waals surface area contributed by atoms with E-state index in [2.05, 4.69) is 9.72 Å². The predicted molar refractivity (Wildman–Crippen MR) is 90.8 cm³/mol. The Morgan fingerprint density at radius 3 is 2.64 bits per heavy atom. The minimum atomic E-state index is -0.425. The minimum Gasteiger partial charge on any atom is -0.464 e. The topological polar surface area (TPSA) is 59.5 Å². The number of rotatable bonds is 3. The van der Waals surface area contributed by atoms with Crippen molar-refractivity contribution in [3.63, 3.8) is 0 Å². The Balaban J connectivity index is 0.00000176. The molecule has 22 heavy (non-hydrogen) atoms. The van der Waals surface area contributed by atoms with Crippen LogP contribution in [0.4, 0.5) is 5.69 Å². The standard InChI is InChI=1S/C15H14N2O3S.BrH/c1-20-15(19)14-16-12(9-21-14)10-4-6-11(7-5-10)17-8-2-3-13(17)18;/h4-7,9H,2-3,8H2,1H3;1H. The zero-order valence-electron chi connectivity index (χ0n) is 11.9. The van der Waals surface area contributed by atoms with E-state index >= 15 is 0 Å². The Morgan fingerprint density at radius 2 is 2.05 bits per heavy atom. The average molecular weight is 383 g/mol. The molecule has 7 heteroatoms. The lowest BCUT2D eigenvalue weighted by Gasteiger charge is -2.15. The lowest BCUT2D eigenvalue weighted by atomic mass is 10.1. The second-order valence-corrected chi connectivity index (χ2v) is 5.58. The normalized spacial score (nSPS) is 13.9. The van der Waals surface area contributed by atoms with E-state index in [1.54, 1.807) is 4.90 Å². The number of hydrogen-bond donors (Lipinski definition) is 0. The zero-order valence-corrected chi connectivity index (χ0v) is 14.5. The minimum absolute atomic E-state index is 0. The van der Waals surface area contributed by atoms with E-state index in [1.165, 1.54) is 18.4 Å². The molecule has 1 fully saturated rings. The van der Waals surface area contributed by atoms with Crippen LogP contribution in [-0.2, 0) is 9.53 Å². The van der Waals surface area contributed by atoms with Gasteiger partial charge in [0.2, 0.25) is 10.9 Å². The zero-order chi connectivity index (χ0) is 14.8. The van der Waals surface area contributed by atoms with E-state index in [1.807, 2.05) is 29.6 Å². The third kappa shape index (κ3) is 3.20. The first-order chi connectivity index (χ1) is 10.2. The van der Waals surface area contributed by atoms with E-state index < -0.39 is 5.97 Å². The van der Waals surface area contributed by atoms with Crippen molar-refractivity contribution in [1.82, 2.24) is 4.98 Å². The summed E-state index contributed by atoms with van der Waals surface area (Å²) in [5.74, 6) is -0.255. The van der Waals surface area contributed by atoms with Crippen LogP contribution in [0.25, 0.3) is 11.3 Å². The summed E-state index contributed by atoms with van der Waals surface area (Å²) in [6.07, 6.45) is 1.53. The van der Waals surface area contributed by atoms with Gasteiger partial charge in [0.15, 0.2) is 0 Å². The number of hydrogen-bond acceptors (Lipinski definition) is 5. The summed E-state index contributed by atoms with van der Waals surface area (Å²) in [5.41, 5.74) is 2.56. The number of halogens is 1. The third-order valence-corrected chi connectivity index (χ3v) is 4.23. The molecule has 0 radical (unpaired) electrons. The van der Waals surface area contributed by atoms with Crippen LogP contribution in [0.3, 0.4) is 0 Å². The number of thiazole rings is 1. The Bertz CT molecular complexity index is 684. The number of ether oxygens (including phenoxy) is 1. The summed E-state index contributed by atoms with van der Waals surface area (Å²) in [6.45, 7) is 0.779. The summed E-state index contributed by atoms with van der Waals surface area (Å²) in [5, 5.41) is 2.16. The molecule has 0 unspecified atom stereocenters. The van der Waals surface area contributed by atoms with Gasteiger partial charge in [-0.05, 0) is 18.6 Å².